The normalized spacial score (nSPS) is 10.7. The Morgan fingerprint density at radius 3 is 2.75 bits per heavy atom. The van der Waals surface area contributed by atoms with Gasteiger partial charge in [-0.15, -0.1) is 0 Å². The molecule has 0 bridgehead atoms. The summed E-state index contributed by atoms with van der Waals surface area (Å²) in [5.74, 6) is 1.06. The van der Waals surface area contributed by atoms with Crippen molar-refractivity contribution >= 4 is 11.9 Å². The van der Waals surface area contributed by atoms with Crippen LogP contribution < -0.4 is 5.32 Å². The fourth-order valence-corrected chi connectivity index (χ4v) is 2.26. The summed E-state index contributed by atoms with van der Waals surface area (Å²) in [5.41, 5.74) is 1.07. The number of tetrazole rings is 1. The van der Waals surface area contributed by atoms with Gasteiger partial charge in [-0.25, -0.2) is 9.48 Å². The zero-order valence-corrected chi connectivity index (χ0v) is 13.1. The molecule has 124 valence electrons. The topological polar surface area (TPSA) is 106 Å². The van der Waals surface area contributed by atoms with Gasteiger partial charge in [-0.1, -0.05) is 24.2 Å². The van der Waals surface area contributed by atoms with Crippen molar-refractivity contribution in [2.75, 3.05) is 5.32 Å². The van der Waals surface area contributed by atoms with Gasteiger partial charge in [0.15, 0.2) is 0 Å². The van der Waals surface area contributed by atoms with Crippen LogP contribution in [-0.4, -0.2) is 31.3 Å². The Morgan fingerprint density at radius 2 is 2.04 bits per heavy atom. The predicted molar refractivity (Wildman–Crippen MR) is 86.5 cm³/mol. The maximum atomic E-state index is 10.9. The number of benzene rings is 1. The number of aryl methyl sites for hydroxylation is 1. The maximum Gasteiger partial charge on any atom is 0.335 e. The number of aromatic nitrogens is 4. The van der Waals surface area contributed by atoms with Gasteiger partial charge in [-0.3, -0.25) is 0 Å². The summed E-state index contributed by atoms with van der Waals surface area (Å²) < 4.78 is 7.48. The Bertz CT molecular complexity index is 822. The highest BCUT2D eigenvalue weighted by molar-refractivity contribution is 5.88. The molecular weight excluding hydrogens is 310 g/mol. The summed E-state index contributed by atoms with van der Waals surface area (Å²) in [7, 11) is 0. The van der Waals surface area contributed by atoms with E-state index < -0.39 is 5.97 Å². The fraction of sp³-hybridized carbons (Fsp3) is 0.250. The standard InChI is InChI=1S/C16H17N5O3/c1-2-9-21-16(18-19-20-21)17-10-13-7-8-14(24-13)11-3-5-12(6-4-11)15(22)23/h3-8H,2,9-10H2,1H3,(H,22,23)(H,17,18,20). The van der Waals surface area contributed by atoms with Crippen molar-refractivity contribution in [3.8, 4) is 11.3 Å². The number of carboxylic acid groups (broad SMARTS) is 1. The van der Waals surface area contributed by atoms with E-state index in [1.807, 2.05) is 12.1 Å². The van der Waals surface area contributed by atoms with Crippen LogP contribution in [0.4, 0.5) is 5.95 Å². The molecule has 0 atom stereocenters. The first kappa shape index (κ1) is 15.7. The number of hydrogen-bond acceptors (Lipinski definition) is 6. The summed E-state index contributed by atoms with van der Waals surface area (Å²) in [4.78, 5) is 10.9. The first-order valence-corrected chi connectivity index (χ1v) is 7.60. The average molecular weight is 327 g/mol. The number of nitrogens with one attached hydrogen (secondary N) is 1. The molecule has 24 heavy (non-hydrogen) atoms. The zero-order chi connectivity index (χ0) is 16.9. The summed E-state index contributed by atoms with van der Waals surface area (Å²) in [6, 6.07) is 10.3. The molecule has 3 rings (SSSR count). The molecule has 1 aromatic carbocycles. The van der Waals surface area contributed by atoms with E-state index >= 15 is 0 Å². The molecule has 0 aliphatic carbocycles. The predicted octanol–water partition coefficient (Wildman–Crippen LogP) is 2.65. The lowest BCUT2D eigenvalue weighted by atomic mass is 10.1. The van der Waals surface area contributed by atoms with Crippen molar-refractivity contribution < 1.29 is 14.3 Å². The lowest BCUT2D eigenvalue weighted by Crippen LogP contribution is -2.08. The lowest BCUT2D eigenvalue weighted by Gasteiger charge is -2.04. The van der Waals surface area contributed by atoms with E-state index in [-0.39, 0.29) is 5.56 Å². The molecule has 0 saturated carbocycles. The van der Waals surface area contributed by atoms with Crippen LogP contribution in [0.1, 0.15) is 29.5 Å². The van der Waals surface area contributed by atoms with Crippen molar-refractivity contribution in [1.82, 2.24) is 20.2 Å². The third kappa shape index (κ3) is 3.43. The Balaban J connectivity index is 1.67. The maximum absolute atomic E-state index is 10.9. The second-order valence-electron chi connectivity index (χ2n) is 5.23. The molecule has 0 amide bonds. The Hall–Kier alpha value is -3.16. The average Bonchev–Trinajstić information content (AvgIpc) is 3.23. The zero-order valence-electron chi connectivity index (χ0n) is 13.1. The number of hydrogen-bond donors (Lipinski definition) is 2. The quantitative estimate of drug-likeness (QED) is 0.687. The Labute approximate surface area is 138 Å². The van der Waals surface area contributed by atoms with Crippen LogP contribution in [0.3, 0.4) is 0 Å². The number of carboxylic acids is 1. The first-order valence-electron chi connectivity index (χ1n) is 7.60. The number of carbonyl (C=O) groups is 1. The van der Waals surface area contributed by atoms with Gasteiger partial charge in [-0.2, -0.15) is 0 Å². The van der Waals surface area contributed by atoms with E-state index in [0.29, 0.717) is 18.3 Å². The molecule has 0 unspecified atom stereocenters. The van der Waals surface area contributed by atoms with Gasteiger partial charge in [0.25, 0.3) is 0 Å². The molecule has 3 aromatic rings. The van der Waals surface area contributed by atoms with Crippen molar-refractivity contribution in [3.05, 3.63) is 47.7 Å². The van der Waals surface area contributed by atoms with E-state index in [1.165, 1.54) is 0 Å². The number of nitrogens with zero attached hydrogens (tertiary/aromatic N) is 4. The van der Waals surface area contributed by atoms with E-state index in [9.17, 15) is 4.79 Å². The van der Waals surface area contributed by atoms with Crippen LogP contribution in [0.5, 0.6) is 0 Å². The van der Waals surface area contributed by atoms with Crippen molar-refractivity contribution in [1.29, 1.82) is 0 Å². The summed E-state index contributed by atoms with van der Waals surface area (Å²) in [6.45, 7) is 3.26. The fourth-order valence-electron chi connectivity index (χ4n) is 2.26. The highest BCUT2D eigenvalue weighted by atomic mass is 16.4. The Kier molecular flexibility index (Phi) is 4.55. The molecule has 0 saturated heterocycles. The smallest absolute Gasteiger partial charge is 0.335 e. The third-order valence-electron chi connectivity index (χ3n) is 3.47. The van der Waals surface area contributed by atoms with Crippen molar-refractivity contribution in [3.63, 3.8) is 0 Å². The molecular formula is C16H17N5O3. The van der Waals surface area contributed by atoms with Gasteiger partial charge in [0.1, 0.15) is 11.5 Å². The van der Waals surface area contributed by atoms with E-state index in [2.05, 4.69) is 27.8 Å². The number of anilines is 1. The molecule has 0 aliphatic rings. The van der Waals surface area contributed by atoms with Gasteiger partial charge in [0, 0.05) is 12.1 Å². The van der Waals surface area contributed by atoms with Gasteiger partial charge < -0.3 is 14.8 Å². The molecule has 2 heterocycles. The molecule has 2 N–H and O–H groups in total. The molecule has 0 fully saturated rings. The first-order chi connectivity index (χ1) is 11.7. The highest BCUT2D eigenvalue weighted by Gasteiger charge is 2.09. The van der Waals surface area contributed by atoms with Crippen LogP contribution in [0.15, 0.2) is 40.8 Å². The van der Waals surface area contributed by atoms with E-state index in [4.69, 9.17) is 9.52 Å². The van der Waals surface area contributed by atoms with Crippen molar-refractivity contribution in [2.45, 2.75) is 26.4 Å². The van der Waals surface area contributed by atoms with Crippen molar-refractivity contribution in [2.24, 2.45) is 0 Å². The van der Waals surface area contributed by atoms with Crippen LogP contribution in [0.25, 0.3) is 11.3 Å². The minimum atomic E-state index is -0.948. The summed E-state index contributed by atoms with van der Waals surface area (Å²) in [5, 5.41) is 23.6. The second-order valence-corrected chi connectivity index (χ2v) is 5.23. The summed E-state index contributed by atoms with van der Waals surface area (Å²) in [6.07, 6.45) is 0.941. The lowest BCUT2D eigenvalue weighted by molar-refractivity contribution is 0.0697. The SMILES string of the molecule is CCCn1nnnc1NCc1ccc(-c2ccc(C(=O)O)cc2)o1. The van der Waals surface area contributed by atoms with E-state index in [1.54, 1.807) is 28.9 Å². The van der Waals surface area contributed by atoms with Gasteiger partial charge in [-0.05, 0) is 41.1 Å². The molecule has 0 aliphatic heterocycles. The number of aromatic carboxylic acids is 1. The van der Waals surface area contributed by atoms with Crippen LogP contribution in [-0.2, 0) is 13.1 Å². The van der Waals surface area contributed by atoms with Crippen LogP contribution in [0, 0.1) is 0 Å². The minimum Gasteiger partial charge on any atom is -0.478 e. The highest BCUT2D eigenvalue weighted by Crippen LogP contribution is 2.23. The number of furan rings is 1. The van der Waals surface area contributed by atoms with Crippen LogP contribution in [0.2, 0.25) is 0 Å². The largest absolute Gasteiger partial charge is 0.478 e. The van der Waals surface area contributed by atoms with E-state index in [0.717, 1.165) is 24.3 Å². The Morgan fingerprint density at radius 1 is 1.25 bits per heavy atom. The minimum absolute atomic E-state index is 0.245. The molecule has 8 nitrogen and oxygen atoms in total. The summed E-state index contributed by atoms with van der Waals surface area (Å²) >= 11 is 0. The molecule has 0 radical (unpaired) electrons. The monoisotopic (exact) mass is 327 g/mol. The van der Waals surface area contributed by atoms with Gasteiger partial charge >= 0.3 is 5.97 Å². The third-order valence-corrected chi connectivity index (χ3v) is 3.47. The molecule has 0 spiro atoms. The molecule has 2 aromatic heterocycles. The van der Waals surface area contributed by atoms with Gasteiger partial charge in [0.2, 0.25) is 5.95 Å². The van der Waals surface area contributed by atoms with Crippen LogP contribution >= 0.6 is 0 Å². The van der Waals surface area contributed by atoms with Gasteiger partial charge in [0.05, 0.1) is 12.1 Å². The number of rotatable bonds is 7. The molecule has 8 heteroatoms. The second kappa shape index (κ2) is 6.95.